The van der Waals surface area contributed by atoms with E-state index >= 15 is 0 Å². The van der Waals surface area contributed by atoms with Crippen LogP contribution in [0.2, 0.25) is 0 Å². The molecule has 0 aromatic heterocycles. The minimum Gasteiger partial charge on any atom is -0.388 e. The molecule has 0 heterocycles. The summed E-state index contributed by atoms with van der Waals surface area (Å²) in [5, 5.41) is 37.2. The standard InChI is InChI=1S/C20H17NO3/c21-17-16-12-7-6-10-3-1-2-9-4-5-11(15(12)14(9)10)8-13(16)18(22)20(24)19(17)23/h1-8,17-20,22-24H,21H2/t17-,18+,19+,20-/m1/s1. The highest BCUT2D eigenvalue weighted by molar-refractivity contribution is 6.23. The van der Waals surface area contributed by atoms with Crippen LogP contribution in [0, 0.1) is 0 Å². The number of nitrogens with two attached hydrogens (primary N) is 1. The highest BCUT2D eigenvalue weighted by Crippen LogP contribution is 2.44. The van der Waals surface area contributed by atoms with Gasteiger partial charge in [-0.1, -0.05) is 42.5 Å². The number of rotatable bonds is 0. The molecule has 0 saturated heterocycles. The Kier molecular flexibility index (Phi) is 2.74. The van der Waals surface area contributed by atoms with Gasteiger partial charge in [0, 0.05) is 0 Å². The van der Waals surface area contributed by atoms with Crippen LogP contribution in [0.25, 0.3) is 32.3 Å². The molecule has 4 nitrogen and oxygen atoms in total. The largest absolute Gasteiger partial charge is 0.388 e. The quantitative estimate of drug-likeness (QED) is 0.375. The zero-order chi connectivity index (χ0) is 16.6. The molecule has 5 rings (SSSR count). The zero-order valence-corrected chi connectivity index (χ0v) is 12.8. The van der Waals surface area contributed by atoms with Gasteiger partial charge in [0.15, 0.2) is 0 Å². The van der Waals surface area contributed by atoms with Crippen LogP contribution >= 0.6 is 0 Å². The van der Waals surface area contributed by atoms with Gasteiger partial charge in [-0.15, -0.1) is 0 Å². The highest BCUT2D eigenvalue weighted by Gasteiger charge is 2.40. The van der Waals surface area contributed by atoms with E-state index in [0.717, 1.165) is 37.9 Å². The molecule has 0 bridgehead atoms. The lowest BCUT2D eigenvalue weighted by Crippen LogP contribution is -2.45. The summed E-state index contributed by atoms with van der Waals surface area (Å²) in [6.45, 7) is 0. The Morgan fingerprint density at radius 1 is 0.750 bits per heavy atom. The van der Waals surface area contributed by atoms with E-state index < -0.39 is 24.4 Å². The second-order valence-electron chi connectivity index (χ2n) is 6.69. The van der Waals surface area contributed by atoms with Gasteiger partial charge in [-0.05, 0) is 49.5 Å². The molecule has 0 saturated carbocycles. The molecule has 1 aliphatic carbocycles. The van der Waals surface area contributed by atoms with E-state index in [1.54, 1.807) is 0 Å². The van der Waals surface area contributed by atoms with E-state index in [-0.39, 0.29) is 0 Å². The van der Waals surface area contributed by atoms with Crippen LogP contribution in [0.5, 0.6) is 0 Å². The monoisotopic (exact) mass is 319 g/mol. The van der Waals surface area contributed by atoms with Gasteiger partial charge in [-0.3, -0.25) is 0 Å². The summed E-state index contributed by atoms with van der Waals surface area (Å²) in [6.07, 6.45) is -3.61. The van der Waals surface area contributed by atoms with Crippen LogP contribution in [-0.4, -0.2) is 27.5 Å². The van der Waals surface area contributed by atoms with Gasteiger partial charge in [0.2, 0.25) is 0 Å². The molecule has 0 unspecified atom stereocenters. The van der Waals surface area contributed by atoms with Crippen LogP contribution in [0.4, 0.5) is 0 Å². The summed E-state index contributed by atoms with van der Waals surface area (Å²) < 4.78 is 0. The first kappa shape index (κ1) is 14.1. The van der Waals surface area contributed by atoms with E-state index in [0.29, 0.717) is 5.56 Å². The van der Waals surface area contributed by atoms with Crippen molar-refractivity contribution in [1.82, 2.24) is 0 Å². The second kappa shape index (κ2) is 4.65. The van der Waals surface area contributed by atoms with E-state index in [4.69, 9.17) is 5.73 Å². The number of hydrogen-bond acceptors (Lipinski definition) is 4. The van der Waals surface area contributed by atoms with Gasteiger partial charge >= 0.3 is 0 Å². The fraction of sp³-hybridized carbons (Fsp3) is 0.200. The van der Waals surface area contributed by atoms with E-state index in [1.807, 2.05) is 30.3 Å². The summed E-state index contributed by atoms with van der Waals surface area (Å²) in [5.41, 5.74) is 7.55. The first-order chi connectivity index (χ1) is 11.6. The molecule has 0 aliphatic heterocycles. The fourth-order valence-corrected chi connectivity index (χ4v) is 4.23. The van der Waals surface area contributed by atoms with Crippen molar-refractivity contribution in [2.24, 2.45) is 5.73 Å². The molecular formula is C20H17NO3. The molecule has 4 aromatic carbocycles. The molecule has 4 atom stereocenters. The Morgan fingerprint density at radius 2 is 1.42 bits per heavy atom. The number of aliphatic hydroxyl groups is 3. The lowest BCUT2D eigenvalue weighted by Gasteiger charge is -2.36. The van der Waals surface area contributed by atoms with Gasteiger partial charge in [0.05, 0.1) is 6.04 Å². The average Bonchev–Trinajstić information content (AvgIpc) is 2.62. The maximum absolute atomic E-state index is 10.4. The third kappa shape index (κ3) is 1.61. The maximum atomic E-state index is 10.4. The molecule has 4 aromatic rings. The topological polar surface area (TPSA) is 86.7 Å². The number of aliphatic hydroxyl groups excluding tert-OH is 3. The van der Waals surface area contributed by atoms with Gasteiger partial charge in [0.1, 0.15) is 18.3 Å². The van der Waals surface area contributed by atoms with Crippen molar-refractivity contribution in [3.8, 4) is 0 Å². The smallest absolute Gasteiger partial charge is 0.112 e. The van der Waals surface area contributed by atoms with Gasteiger partial charge in [-0.25, -0.2) is 0 Å². The van der Waals surface area contributed by atoms with Crippen molar-refractivity contribution in [3.63, 3.8) is 0 Å². The second-order valence-corrected chi connectivity index (χ2v) is 6.69. The molecule has 4 heteroatoms. The van der Waals surface area contributed by atoms with E-state index in [1.165, 1.54) is 0 Å². The number of hydrogen-bond donors (Lipinski definition) is 4. The molecule has 0 radical (unpaired) electrons. The lowest BCUT2D eigenvalue weighted by atomic mass is 9.77. The predicted octanol–water partition coefficient (Wildman–Crippen LogP) is 2.35. The summed E-state index contributed by atoms with van der Waals surface area (Å²) in [4.78, 5) is 0. The first-order valence-corrected chi connectivity index (χ1v) is 8.08. The van der Waals surface area contributed by atoms with Gasteiger partial charge in [0.25, 0.3) is 0 Å². The normalized spacial score (nSPS) is 27.2. The first-order valence-electron chi connectivity index (χ1n) is 8.08. The van der Waals surface area contributed by atoms with Gasteiger partial charge in [-0.2, -0.15) is 0 Å². The summed E-state index contributed by atoms with van der Waals surface area (Å²) >= 11 is 0. The molecule has 0 spiro atoms. The van der Waals surface area contributed by atoms with Crippen LogP contribution in [0.1, 0.15) is 23.3 Å². The minimum absolute atomic E-state index is 0.603. The number of fused-ring (bicyclic) bond motifs is 2. The number of benzene rings is 4. The average molecular weight is 319 g/mol. The molecule has 120 valence electrons. The third-order valence-electron chi connectivity index (χ3n) is 5.41. The van der Waals surface area contributed by atoms with E-state index in [9.17, 15) is 15.3 Å². The molecular weight excluding hydrogens is 302 g/mol. The van der Waals surface area contributed by atoms with Crippen LogP contribution in [0.15, 0.2) is 48.5 Å². The third-order valence-corrected chi connectivity index (χ3v) is 5.41. The van der Waals surface area contributed by atoms with Crippen molar-refractivity contribution in [3.05, 3.63) is 59.7 Å². The minimum atomic E-state index is -1.28. The Morgan fingerprint density at radius 3 is 2.17 bits per heavy atom. The Labute approximate surface area is 138 Å². The highest BCUT2D eigenvalue weighted by atomic mass is 16.4. The van der Waals surface area contributed by atoms with E-state index in [2.05, 4.69) is 18.2 Å². The van der Waals surface area contributed by atoms with Crippen molar-refractivity contribution < 1.29 is 15.3 Å². The van der Waals surface area contributed by atoms with Crippen molar-refractivity contribution in [2.45, 2.75) is 24.4 Å². The van der Waals surface area contributed by atoms with Crippen molar-refractivity contribution >= 4 is 32.3 Å². The molecule has 1 aliphatic rings. The van der Waals surface area contributed by atoms with Crippen LogP contribution < -0.4 is 5.73 Å². The molecule has 0 fully saturated rings. The molecule has 5 N–H and O–H groups in total. The molecule has 24 heavy (non-hydrogen) atoms. The van der Waals surface area contributed by atoms with Gasteiger partial charge < -0.3 is 21.1 Å². The Hall–Kier alpha value is -2.24. The SMILES string of the molecule is N[C@@H]1c2c(cc3ccc4cccc5ccc2c3c45)[C@H](O)[C@@H](O)[C@H]1O. The fourth-order valence-electron chi connectivity index (χ4n) is 4.23. The summed E-state index contributed by atoms with van der Waals surface area (Å²) in [5.74, 6) is 0. The summed E-state index contributed by atoms with van der Waals surface area (Å²) in [7, 11) is 0. The maximum Gasteiger partial charge on any atom is 0.112 e. The zero-order valence-electron chi connectivity index (χ0n) is 12.8. The Bertz CT molecular complexity index is 1070. The van der Waals surface area contributed by atoms with Crippen LogP contribution in [-0.2, 0) is 0 Å². The molecule has 0 amide bonds. The summed E-state index contributed by atoms with van der Waals surface area (Å²) in [6, 6.07) is 15.5. The van der Waals surface area contributed by atoms with Crippen LogP contribution in [0.3, 0.4) is 0 Å². The van der Waals surface area contributed by atoms with Crippen molar-refractivity contribution in [1.29, 1.82) is 0 Å². The lowest BCUT2D eigenvalue weighted by molar-refractivity contribution is -0.0793. The predicted molar refractivity (Wildman–Crippen MR) is 94.0 cm³/mol. The van der Waals surface area contributed by atoms with Crippen molar-refractivity contribution in [2.75, 3.05) is 0 Å². The Balaban J connectivity index is 2.01.